The molecule has 0 N–H and O–H groups in total. The number of esters is 1. The zero-order valence-corrected chi connectivity index (χ0v) is 17.9. The highest BCUT2D eigenvalue weighted by Gasteiger charge is 2.56. The maximum Gasteiger partial charge on any atom is 0.391 e. The number of ether oxygens (including phenoxy) is 1. The van der Waals surface area contributed by atoms with E-state index in [1.807, 2.05) is 6.07 Å². The van der Waals surface area contributed by atoms with E-state index in [0.29, 0.717) is 11.4 Å². The lowest BCUT2D eigenvalue weighted by Crippen LogP contribution is -2.54. The molecule has 34 heavy (non-hydrogen) atoms. The molecule has 1 unspecified atom stereocenters. The van der Waals surface area contributed by atoms with Crippen LogP contribution in [0.15, 0.2) is 48.9 Å². The Morgan fingerprint density at radius 3 is 2.65 bits per heavy atom. The Balaban J connectivity index is 1.87. The fraction of sp³-hybridized carbons (Fsp3) is 0.333. The van der Waals surface area contributed by atoms with Crippen molar-refractivity contribution in [1.29, 1.82) is 0 Å². The third-order valence-corrected chi connectivity index (χ3v) is 5.62. The number of carbonyl (C=O) groups excluding carboxylic acids is 1. The summed E-state index contributed by atoms with van der Waals surface area (Å²) in [5.74, 6) is -1.15. The number of hydrogen-bond acceptors (Lipinski definition) is 8. The largest absolute Gasteiger partial charge is 0.467 e. The summed E-state index contributed by atoms with van der Waals surface area (Å²) < 4.78 is 46.7. The highest BCUT2D eigenvalue weighted by Crippen LogP contribution is 2.44. The monoisotopic (exact) mass is 476 g/mol. The van der Waals surface area contributed by atoms with Gasteiger partial charge in [0.2, 0.25) is 11.8 Å². The van der Waals surface area contributed by atoms with Crippen molar-refractivity contribution in [3.05, 3.63) is 59.0 Å². The molecule has 2 aromatic heterocycles. The summed E-state index contributed by atoms with van der Waals surface area (Å²) in [5.41, 5.74) is -2.10. The van der Waals surface area contributed by atoms with Crippen LogP contribution in [0, 0.1) is 10.1 Å². The van der Waals surface area contributed by atoms with Crippen molar-refractivity contribution in [2.24, 2.45) is 0 Å². The Bertz CT molecular complexity index is 1220. The minimum atomic E-state index is -4.73. The zero-order valence-electron chi connectivity index (χ0n) is 17.9. The van der Waals surface area contributed by atoms with Crippen molar-refractivity contribution in [1.82, 2.24) is 19.5 Å². The van der Waals surface area contributed by atoms with Crippen LogP contribution in [0.5, 0.6) is 0 Å². The first-order valence-electron chi connectivity index (χ1n) is 10.2. The Kier molecular flexibility index (Phi) is 5.94. The van der Waals surface area contributed by atoms with E-state index in [9.17, 15) is 28.1 Å². The smallest absolute Gasteiger partial charge is 0.391 e. The zero-order chi connectivity index (χ0) is 24.5. The van der Waals surface area contributed by atoms with E-state index < -0.39 is 40.5 Å². The molecule has 10 nitrogen and oxygen atoms in total. The third-order valence-electron chi connectivity index (χ3n) is 5.62. The molecule has 0 radical (unpaired) electrons. The van der Waals surface area contributed by atoms with Crippen LogP contribution in [0.4, 0.5) is 24.7 Å². The molecule has 3 heterocycles. The van der Waals surface area contributed by atoms with Crippen molar-refractivity contribution in [2.75, 3.05) is 18.6 Å². The fourth-order valence-corrected chi connectivity index (χ4v) is 4.24. The molecular formula is C21H19F3N6O4. The lowest BCUT2D eigenvalue weighted by atomic mass is 9.91. The quantitative estimate of drug-likeness (QED) is 0.300. The molecule has 4 rings (SSSR count). The van der Waals surface area contributed by atoms with Crippen LogP contribution in [0.3, 0.4) is 0 Å². The van der Waals surface area contributed by atoms with Gasteiger partial charge < -0.3 is 9.64 Å². The Hall–Kier alpha value is -4.03. The van der Waals surface area contributed by atoms with Crippen LogP contribution in [-0.2, 0) is 9.53 Å². The molecule has 13 heteroatoms. The average molecular weight is 476 g/mol. The summed E-state index contributed by atoms with van der Waals surface area (Å²) in [6.07, 6.45) is -2.36. The Morgan fingerprint density at radius 2 is 2.00 bits per heavy atom. The number of alkyl halides is 3. The number of aromatic nitrogens is 4. The van der Waals surface area contributed by atoms with Crippen molar-refractivity contribution in [2.45, 2.75) is 31.0 Å². The van der Waals surface area contributed by atoms with Crippen molar-refractivity contribution in [3.63, 3.8) is 0 Å². The number of benzene rings is 1. The first kappa shape index (κ1) is 23.1. The summed E-state index contributed by atoms with van der Waals surface area (Å²) in [5, 5.41) is 11.7. The maximum absolute atomic E-state index is 13.5. The first-order chi connectivity index (χ1) is 16.2. The van der Waals surface area contributed by atoms with Gasteiger partial charge in [0, 0.05) is 24.5 Å². The van der Waals surface area contributed by atoms with E-state index in [4.69, 9.17) is 4.74 Å². The number of hydrogen-bond donors (Lipinski definition) is 0. The van der Waals surface area contributed by atoms with Gasteiger partial charge in [0.05, 0.1) is 18.5 Å². The second-order valence-corrected chi connectivity index (χ2v) is 7.69. The van der Waals surface area contributed by atoms with Gasteiger partial charge in [-0.05, 0) is 12.8 Å². The normalized spacial score (nSPS) is 18.2. The van der Waals surface area contributed by atoms with Gasteiger partial charge >= 0.3 is 17.8 Å². The lowest BCUT2D eigenvalue weighted by Gasteiger charge is -2.36. The molecule has 0 bridgehead atoms. The molecule has 0 aliphatic carbocycles. The number of nitro groups is 1. The second-order valence-electron chi connectivity index (χ2n) is 7.69. The summed E-state index contributed by atoms with van der Waals surface area (Å²) in [6.45, 7) is -0.0576. The predicted molar refractivity (Wildman–Crippen MR) is 113 cm³/mol. The lowest BCUT2D eigenvalue weighted by molar-refractivity contribution is -0.384. The Morgan fingerprint density at radius 1 is 1.26 bits per heavy atom. The van der Waals surface area contributed by atoms with Crippen molar-refractivity contribution < 1.29 is 27.6 Å². The standard InChI is InChI=1S/C21H19F3N6O4/c1-34-18(31)20(13-21(22,23)24)8-5-10-29(20)17-15(30(32)33)12-26-19(27-17)28-11-9-25-16(28)14-6-3-2-4-7-14/h2-4,6-7,9,11-12H,5,8,10,13H2,1H3. The minimum absolute atomic E-state index is 0.0466. The van der Waals surface area contributed by atoms with Crippen LogP contribution in [0.1, 0.15) is 19.3 Å². The SMILES string of the molecule is COC(=O)C1(CC(F)(F)F)CCCN1c1nc(-n2ccnc2-c2ccccc2)ncc1[N+](=O)[O-]. The van der Waals surface area contributed by atoms with Crippen LogP contribution >= 0.6 is 0 Å². The van der Waals surface area contributed by atoms with E-state index >= 15 is 0 Å². The van der Waals surface area contributed by atoms with Crippen molar-refractivity contribution >= 4 is 17.5 Å². The molecule has 178 valence electrons. The van der Waals surface area contributed by atoms with Gasteiger partial charge in [-0.1, -0.05) is 30.3 Å². The van der Waals surface area contributed by atoms with E-state index in [-0.39, 0.29) is 25.3 Å². The molecule has 1 atom stereocenters. The molecule has 1 aromatic carbocycles. The van der Waals surface area contributed by atoms with Gasteiger partial charge in [0.1, 0.15) is 17.6 Å². The number of anilines is 1. The summed E-state index contributed by atoms with van der Waals surface area (Å²) in [4.78, 5) is 37.2. The van der Waals surface area contributed by atoms with Gasteiger partial charge in [-0.15, -0.1) is 0 Å². The maximum atomic E-state index is 13.5. The summed E-state index contributed by atoms with van der Waals surface area (Å²) in [6, 6.07) is 8.98. The van der Waals surface area contributed by atoms with E-state index in [0.717, 1.165) is 18.2 Å². The molecular weight excluding hydrogens is 457 g/mol. The van der Waals surface area contributed by atoms with Gasteiger partial charge in [-0.2, -0.15) is 18.2 Å². The van der Waals surface area contributed by atoms with Crippen LogP contribution in [-0.4, -0.2) is 55.8 Å². The number of halogens is 3. The molecule has 0 spiro atoms. The number of nitrogens with zero attached hydrogens (tertiary/aromatic N) is 6. The number of rotatable bonds is 6. The van der Waals surface area contributed by atoms with Crippen LogP contribution in [0.2, 0.25) is 0 Å². The first-order valence-corrected chi connectivity index (χ1v) is 10.2. The Labute approximate surface area is 191 Å². The average Bonchev–Trinajstić information content (AvgIpc) is 3.45. The van der Waals surface area contributed by atoms with Crippen LogP contribution in [0.25, 0.3) is 17.3 Å². The van der Waals surface area contributed by atoms with Gasteiger partial charge in [0.25, 0.3) is 0 Å². The minimum Gasteiger partial charge on any atom is -0.467 e. The van der Waals surface area contributed by atoms with Crippen LogP contribution < -0.4 is 4.90 Å². The number of imidazole rings is 1. The predicted octanol–water partition coefficient (Wildman–Crippen LogP) is 3.70. The summed E-state index contributed by atoms with van der Waals surface area (Å²) >= 11 is 0. The number of methoxy groups -OCH3 is 1. The molecule has 3 aromatic rings. The molecule has 1 aliphatic heterocycles. The highest BCUT2D eigenvalue weighted by atomic mass is 19.4. The molecule has 1 saturated heterocycles. The second kappa shape index (κ2) is 8.72. The fourth-order valence-electron chi connectivity index (χ4n) is 4.24. The molecule has 1 aliphatic rings. The number of carbonyl (C=O) groups is 1. The van der Waals surface area contributed by atoms with E-state index in [1.54, 1.807) is 24.3 Å². The molecule has 1 fully saturated rings. The third kappa shape index (κ3) is 4.16. The molecule has 0 amide bonds. The van der Waals surface area contributed by atoms with Gasteiger partial charge in [0.15, 0.2) is 0 Å². The van der Waals surface area contributed by atoms with Crippen molar-refractivity contribution in [3.8, 4) is 17.3 Å². The molecule has 0 saturated carbocycles. The topological polar surface area (TPSA) is 116 Å². The highest BCUT2D eigenvalue weighted by molar-refractivity contribution is 5.87. The van der Waals surface area contributed by atoms with E-state index in [2.05, 4.69) is 15.0 Å². The van der Waals surface area contributed by atoms with E-state index in [1.165, 1.54) is 17.0 Å². The summed E-state index contributed by atoms with van der Waals surface area (Å²) in [7, 11) is 0.981. The van der Waals surface area contributed by atoms with Gasteiger partial charge in [-0.25, -0.2) is 14.8 Å². The van der Waals surface area contributed by atoms with Gasteiger partial charge in [-0.3, -0.25) is 14.7 Å².